The van der Waals surface area contributed by atoms with Gasteiger partial charge in [0.15, 0.2) is 5.75 Å². The van der Waals surface area contributed by atoms with Crippen LogP contribution in [0.1, 0.15) is 5.69 Å². The Morgan fingerprint density at radius 2 is 1.86 bits per heavy atom. The molecule has 2 atom stereocenters. The van der Waals surface area contributed by atoms with Gasteiger partial charge in [0.05, 0.1) is 24.8 Å². The molecule has 19 heteroatoms. The van der Waals surface area contributed by atoms with Gasteiger partial charge in [-0.1, -0.05) is 12.2 Å². The minimum Gasteiger partial charge on any atom is -0.503 e. The first-order valence-corrected chi connectivity index (χ1v) is 11.6. The van der Waals surface area contributed by atoms with Crippen molar-refractivity contribution in [1.29, 1.82) is 0 Å². The Hall–Kier alpha value is -4.23. The minimum atomic E-state index is -5.02. The number of carbonyl (C=O) groups is 4. The van der Waals surface area contributed by atoms with Crippen LogP contribution in [0.3, 0.4) is 0 Å². The van der Waals surface area contributed by atoms with E-state index < -0.39 is 76.1 Å². The molecule has 0 aliphatic carbocycles. The molecule has 0 unspecified atom stereocenters. The summed E-state index contributed by atoms with van der Waals surface area (Å²) in [7, 11) is -5.02. The summed E-state index contributed by atoms with van der Waals surface area (Å²) in [5, 5.41) is 19.0. The lowest BCUT2D eigenvalue weighted by molar-refractivity contribution is -0.145. The average Bonchev–Trinajstić information content (AvgIpc) is 2.81. The van der Waals surface area contributed by atoms with Crippen LogP contribution in [0.15, 0.2) is 28.5 Å². The lowest BCUT2D eigenvalue weighted by Crippen LogP contribution is -2.74. The minimum absolute atomic E-state index is 0.0548. The van der Waals surface area contributed by atoms with Crippen LogP contribution in [0, 0.1) is 0 Å². The summed E-state index contributed by atoms with van der Waals surface area (Å²) in [5.74, 6) is -3.54. The van der Waals surface area contributed by atoms with Crippen molar-refractivity contribution in [3.05, 3.63) is 39.6 Å². The van der Waals surface area contributed by atoms with Crippen LogP contribution in [-0.2, 0) is 31.2 Å². The molecule has 0 spiro atoms. The van der Waals surface area contributed by atoms with Crippen molar-refractivity contribution in [2.24, 2.45) is 11.5 Å². The summed E-state index contributed by atoms with van der Waals surface area (Å²) in [4.78, 5) is 62.1. The van der Waals surface area contributed by atoms with E-state index in [9.17, 15) is 42.0 Å². The maximum atomic E-state index is 12.1. The van der Waals surface area contributed by atoms with Crippen LogP contribution in [0.4, 0.5) is 4.79 Å². The van der Waals surface area contributed by atoms with Gasteiger partial charge in [-0.2, -0.15) is 8.42 Å². The zero-order valence-electron chi connectivity index (χ0n) is 18.2. The molecule has 1 fully saturated rings. The lowest BCUT2D eigenvalue weighted by Gasteiger charge is -2.44. The van der Waals surface area contributed by atoms with E-state index in [2.05, 4.69) is 38.5 Å². The number of urea groups is 1. The monoisotopic (exact) mass is 546 g/mol. The van der Waals surface area contributed by atoms with Crippen molar-refractivity contribution in [1.82, 2.24) is 30.6 Å². The van der Waals surface area contributed by atoms with Crippen LogP contribution >= 0.6 is 12.2 Å². The van der Waals surface area contributed by atoms with E-state index in [1.54, 1.807) is 0 Å². The molecule has 11 N–H and O–H groups in total. The molecule has 1 aliphatic heterocycles. The van der Waals surface area contributed by atoms with Gasteiger partial charge < -0.3 is 42.8 Å². The fraction of sp³-hybridized carbons (Fsp3) is 0.294. The van der Waals surface area contributed by atoms with Crippen molar-refractivity contribution in [3.63, 3.8) is 0 Å². The van der Waals surface area contributed by atoms with Crippen molar-refractivity contribution in [3.8, 4) is 5.75 Å². The number of thiocarbonyl (C=S) groups is 1. The van der Waals surface area contributed by atoms with Crippen molar-refractivity contribution >= 4 is 51.6 Å². The van der Waals surface area contributed by atoms with Gasteiger partial charge in [-0.05, 0) is 0 Å². The molecule has 1 saturated heterocycles. The Bertz CT molecular complexity index is 1280. The molecule has 2 rings (SSSR count). The number of aromatic nitrogens is 1. The molecule has 1 aliphatic rings. The second-order valence-electron chi connectivity index (χ2n) is 7.17. The molecule has 0 radical (unpaired) electrons. The number of aromatic amines is 1. The van der Waals surface area contributed by atoms with Gasteiger partial charge in [-0.25, -0.2) is 9.10 Å². The van der Waals surface area contributed by atoms with Crippen molar-refractivity contribution < 1.29 is 37.3 Å². The number of allylic oxidation sites excluding steroid dienone is 1. The lowest BCUT2D eigenvalue weighted by atomic mass is 9.98. The van der Waals surface area contributed by atoms with Gasteiger partial charge in [0.1, 0.15) is 11.7 Å². The number of rotatable bonds is 10. The summed E-state index contributed by atoms with van der Waals surface area (Å²) in [5.41, 5.74) is 9.72. The number of hydrogen-bond acceptors (Lipinski definition) is 11. The molecular weight excluding hydrogens is 524 g/mol. The molecule has 17 nitrogen and oxygen atoms in total. The van der Waals surface area contributed by atoms with Crippen molar-refractivity contribution in [2.75, 3.05) is 13.1 Å². The van der Waals surface area contributed by atoms with Gasteiger partial charge in [0.2, 0.25) is 11.3 Å². The molecule has 1 aromatic rings. The maximum absolute atomic E-state index is 12.1. The predicted octanol–water partition coefficient (Wildman–Crippen LogP) is -4.38. The van der Waals surface area contributed by atoms with E-state index in [1.807, 2.05) is 0 Å². The quantitative estimate of drug-likeness (QED) is 0.0582. The molecule has 2 heterocycles. The number of amides is 5. The third-order valence-corrected chi connectivity index (χ3v) is 5.90. The fourth-order valence-electron chi connectivity index (χ4n) is 2.86. The number of H-pyrrole nitrogens is 1. The summed E-state index contributed by atoms with van der Waals surface area (Å²) >= 11 is 4.54. The van der Waals surface area contributed by atoms with E-state index in [4.69, 9.17) is 11.5 Å². The van der Waals surface area contributed by atoms with Gasteiger partial charge in [0.25, 0.3) is 11.8 Å². The van der Waals surface area contributed by atoms with E-state index in [0.29, 0.717) is 0 Å². The van der Waals surface area contributed by atoms with E-state index in [-0.39, 0.29) is 22.2 Å². The number of nitrogens with one attached hydrogen (secondary N) is 5. The highest BCUT2D eigenvalue weighted by molar-refractivity contribution is 7.84. The zero-order valence-corrected chi connectivity index (χ0v) is 19.8. The molecule has 0 saturated carbocycles. The first kappa shape index (κ1) is 28.0. The van der Waals surface area contributed by atoms with Crippen LogP contribution < -0.4 is 38.2 Å². The number of nitrogens with zero attached hydrogens (tertiary/aromatic N) is 1. The largest absolute Gasteiger partial charge is 0.503 e. The Balaban J connectivity index is 1.91. The highest BCUT2D eigenvalue weighted by Gasteiger charge is 2.54. The standard InChI is InChI=1S/C17H22N8O9S2/c18-8(6-35)13(19)15(29)24-14-9(25(16(14)30)36(32,33)34)3-21-12(28)5-23-17(31)22-2-7-1-10(26)11(27)4-20-7/h1,4,6,9,14,27H,2-3,5,18-19H2,(H,20,26)(H,21,28)(H,24,29)(H2,22,23,31)(H,32,33,34)/t9-,14+/m1/s1. The number of nitrogens with two attached hydrogens (primary N) is 2. The number of β-lactam (4-membered cyclic amide) rings is 1. The van der Waals surface area contributed by atoms with Gasteiger partial charge in [-0.15, -0.1) is 0 Å². The van der Waals surface area contributed by atoms with Crippen LogP contribution in [0.5, 0.6) is 5.75 Å². The topological polar surface area (TPSA) is 279 Å². The summed E-state index contributed by atoms with van der Waals surface area (Å²) in [6, 6.07) is -2.64. The summed E-state index contributed by atoms with van der Waals surface area (Å²) < 4.78 is 32.3. The fourth-order valence-corrected chi connectivity index (χ4v) is 3.87. The van der Waals surface area contributed by atoms with Gasteiger partial charge >= 0.3 is 16.3 Å². The molecule has 1 aromatic heterocycles. The first-order chi connectivity index (χ1) is 16.8. The Labute approximate surface area is 208 Å². The van der Waals surface area contributed by atoms with E-state index in [1.165, 1.54) is 0 Å². The second-order valence-corrected chi connectivity index (χ2v) is 8.69. The Kier molecular flexibility index (Phi) is 8.92. The van der Waals surface area contributed by atoms with Gasteiger partial charge in [0, 0.05) is 29.9 Å². The van der Waals surface area contributed by atoms with E-state index in [0.717, 1.165) is 17.6 Å². The molecule has 0 aromatic carbocycles. The highest BCUT2D eigenvalue weighted by atomic mass is 32.2. The average molecular weight is 547 g/mol. The third kappa shape index (κ3) is 6.90. The number of aromatic hydroxyl groups is 1. The van der Waals surface area contributed by atoms with Crippen LogP contribution in [0.25, 0.3) is 0 Å². The second kappa shape index (κ2) is 11.5. The number of pyridine rings is 1. The molecule has 5 amide bonds. The van der Waals surface area contributed by atoms with Gasteiger partial charge in [-0.3, -0.25) is 23.7 Å². The highest BCUT2D eigenvalue weighted by Crippen LogP contribution is 2.23. The molecular formula is C17H22N8O9S2. The smallest absolute Gasteiger partial charge is 0.362 e. The summed E-state index contributed by atoms with van der Waals surface area (Å²) in [6.07, 6.45) is 1.04. The molecule has 36 heavy (non-hydrogen) atoms. The number of carbonyl (C=O) groups excluding carboxylic acids is 4. The molecule has 196 valence electrons. The number of hydrogen-bond donors (Lipinski definition) is 9. The van der Waals surface area contributed by atoms with Crippen LogP contribution in [0.2, 0.25) is 0 Å². The third-order valence-electron chi connectivity index (χ3n) is 4.70. The Morgan fingerprint density at radius 3 is 2.44 bits per heavy atom. The van der Waals surface area contributed by atoms with E-state index >= 15 is 0 Å². The molecule has 0 bridgehead atoms. The van der Waals surface area contributed by atoms with Crippen molar-refractivity contribution in [2.45, 2.75) is 18.6 Å². The normalized spacial score (nSPS) is 17.8. The predicted molar refractivity (Wildman–Crippen MR) is 125 cm³/mol. The first-order valence-electron chi connectivity index (χ1n) is 9.77. The Morgan fingerprint density at radius 1 is 1.19 bits per heavy atom. The zero-order chi connectivity index (χ0) is 27.2. The summed E-state index contributed by atoms with van der Waals surface area (Å²) in [6.45, 7) is -1.26. The maximum Gasteiger partial charge on any atom is 0.362 e. The SMILES string of the molecule is NC(C=S)=C(N)C(=O)N[C@@H]1C(=O)N(S(=O)(=O)O)[C@@H]1CNC(=O)CNC(=O)NCc1cc(=O)c(O)c[nH]1. The van der Waals surface area contributed by atoms with Crippen LogP contribution in [-0.4, -0.2) is 81.7 Å².